The van der Waals surface area contributed by atoms with E-state index in [1.54, 1.807) is 11.8 Å². The van der Waals surface area contributed by atoms with E-state index in [0.717, 1.165) is 0 Å². The van der Waals surface area contributed by atoms with E-state index in [0.29, 0.717) is 18.8 Å². The molecular formula is C16H23NO2S. The van der Waals surface area contributed by atoms with Gasteiger partial charge in [-0.1, -0.05) is 17.7 Å². The largest absolute Gasteiger partial charge is 0.372 e. The minimum absolute atomic E-state index is 0.133. The Balaban J connectivity index is 1.91. The molecule has 1 aliphatic rings. The molecule has 0 aromatic heterocycles. The van der Waals surface area contributed by atoms with E-state index in [-0.39, 0.29) is 18.1 Å². The van der Waals surface area contributed by atoms with Crippen LogP contribution in [0.1, 0.15) is 25.0 Å². The maximum Gasteiger partial charge on any atom is 0.233 e. The van der Waals surface area contributed by atoms with Crippen molar-refractivity contribution in [3.63, 3.8) is 0 Å². The second-order valence-electron chi connectivity index (χ2n) is 5.61. The van der Waals surface area contributed by atoms with Gasteiger partial charge in [0, 0.05) is 18.0 Å². The van der Waals surface area contributed by atoms with Crippen LogP contribution in [0.15, 0.2) is 23.1 Å². The summed E-state index contributed by atoms with van der Waals surface area (Å²) in [6.07, 6.45) is 0.266. The van der Waals surface area contributed by atoms with E-state index in [4.69, 9.17) is 4.74 Å². The summed E-state index contributed by atoms with van der Waals surface area (Å²) in [4.78, 5) is 15.4. The van der Waals surface area contributed by atoms with Gasteiger partial charge in [0.25, 0.3) is 0 Å². The van der Waals surface area contributed by atoms with Crippen LogP contribution in [0.4, 0.5) is 0 Å². The van der Waals surface area contributed by atoms with Gasteiger partial charge < -0.3 is 9.64 Å². The number of carbonyl (C=O) groups excluding carboxylic acids is 1. The highest BCUT2D eigenvalue weighted by Gasteiger charge is 2.25. The number of morpholine rings is 1. The van der Waals surface area contributed by atoms with E-state index in [1.165, 1.54) is 16.0 Å². The lowest BCUT2D eigenvalue weighted by molar-refractivity contribution is -0.140. The van der Waals surface area contributed by atoms with Gasteiger partial charge in [-0.25, -0.2) is 0 Å². The van der Waals surface area contributed by atoms with Crippen molar-refractivity contribution in [3.05, 3.63) is 29.3 Å². The van der Waals surface area contributed by atoms with Crippen LogP contribution in [-0.4, -0.2) is 41.9 Å². The van der Waals surface area contributed by atoms with Gasteiger partial charge in [-0.3, -0.25) is 4.79 Å². The molecule has 3 nitrogen and oxygen atoms in total. The zero-order valence-electron chi connectivity index (χ0n) is 12.7. The zero-order chi connectivity index (χ0) is 14.7. The Labute approximate surface area is 125 Å². The van der Waals surface area contributed by atoms with Crippen molar-refractivity contribution in [1.29, 1.82) is 0 Å². The lowest BCUT2D eigenvalue weighted by Crippen LogP contribution is -2.48. The van der Waals surface area contributed by atoms with Crippen LogP contribution in [0, 0.1) is 13.8 Å². The van der Waals surface area contributed by atoms with Crippen molar-refractivity contribution in [3.8, 4) is 0 Å². The number of hydrogen-bond donors (Lipinski definition) is 0. The smallest absolute Gasteiger partial charge is 0.233 e. The van der Waals surface area contributed by atoms with Crippen molar-refractivity contribution >= 4 is 17.7 Å². The average molecular weight is 293 g/mol. The minimum Gasteiger partial charge on any atom is -0.372 e. The van der Waals surface area contributed by atoms with E-state index >= 15 is 0 Å². The van der Waals surface area contributed by atoms with Crippen LogP contribution in [0.5, 0.6) is 0 Å². The molecule has 110 valence electrons. The molecule has 2 atom stereocenters. The quantitative estimate of drug-likeness (QED) is 0.802. The molecule has 4 heteroatoms. The lowest BCUT2D eigenvalue weighted by atomic mass is 10.2. The molecule has 0 bridgehead atoms. The van der Waals surface area contributed by atoms with Crippen LogP contribution in [0.2, 0.25) is 0 Å². The highest BCUT2D eigenvalue weighted by molar-refractivity contribution is 8.00. The maximum atomic E-state index is 12.3. The number of rotatable bonds is 3. The molecule has 20 heavy (non-hydrogen) atoms. The first-order chi connectivity index (χ1) is 9.45. The molecule has 0 radical (unpaired) electrons. The van der Waals surface area contributed by atoms with Crippen molar-refractivity contribution in [2.24, 2.45) is 0 Å². The van der Waals surface area contributed by atoms with Crippen molar-refractivity contribution in [2.45, 2.75) is 44.8 Å². The number of benzene rings is 1. The number of nitrogens with zero attached hydrogens (tertiary/aromatic N) is 1. The number of carbonyl (C=O) groups is 1. The number of hydrogen-bond acceptors (Lipinski definition) is 3. The Morgan fingerprint density at radius 3 is 2.55 bits per heavy atom. The Morgan fingerprint density at radius 2 is 1.95 bits per heavy atom. The standard InChI is InChI=1S/C16H23NO2S/c1-11-5-6-15(12(2)7-11)20-10-16(18)17-8-13(3)19-14(4)9-17/h5-7,13-14H,8-10H2,1-4H3. The predicted molar refractivity (Wildman–Crippen MR) is 83.2 cm³/mol. The van der Waals surface area contributed by atoms with Gasteiger partial charge in [0.05, 0.1) is 18.0 Å². The number of ether oxygens (including phenoxy) is 1. The molecule has 0 saturated carbocycles. The van der Waals surface area contributed by atoms with E-state index in [2.05, 4.69) is 32.0 Å². The highest BCUT2D eigenvalue weighted by Crippen LogP contribution is 2.24. The molecule has 0 spiro atoms. The molecule has 1 saturated heterocycles. The minimum atomic E-state index is 0.133. The molecule has 1 heterocycles. The first-order valence-electron chi connectivity index (χ1n) is 7.09. The molecule has 2 unspecified atom stereocenters. The fourth-order valence-corrected chi connectivity index (χ4v) is 3.49. The van der Waals surface area contributed by atoms with Gasteiger partial charge in [-0.15, -0.1) is 11.8 Å². The summed E-state index contributed by atoms with van der Waals surface area (Å²) in [5.41, 5.74) is 2.50. The molecular weight excluding hydrogens is 270 g/mol. The predicted octanol–water partition coefficient (Wildman–Crippen LogP) is 3.03. The molecule has 2 rings (SSSR count). The molecule has 1 aromatic carbocycles. The van der Waals surface area contributed by atoms with Gasteiger partial charge in [0.15, 0.2) is 0 Å². The van der Waals surface area contributed by atoms with Crippen molar-refractivity contribution < 1.29 is 9.53 Å². The summed E-state index contributed by atoms with van der Waals surface area (Å²) in [6.45, 7) is 9.63. The Kier molecular flexibility index (Phi) is 5.11. The molecule has 0 N–H and O–H groups in total. The topological polar surface area (TPSA) is 29.5 Å². The van der Waals surface area contributed by atoms with Gasteiger partial charge in [0.1, 0.15) is 0 Å². The molecule has 1 aliphatic heterocycles. The summed E-state index contributed by atoms with van der Waals surface area (Å²) >= 11 is 1.63. The Hall–Kier alpha value is -1.00. The van der Waals surface area contributed by atoms with Gasteiger partial charge in [-0.2, -0.15) is 0 Å². The van der Waals surface area contributed by atoms with E-state index < -0.39 is 0 Å². The third kappa shape index (κ3) is 4.00. The second kappa shape index (κ2) is 6.64. The highest BCUT2D eigenvalue weighted by atomic mass is 32.2. The first kappa shape index (κ1) is 15.4. The first-order valence-corrected chi connectivity index (χ1v) is 8.07. The third-order valence-corrected chi connectivity index (χ3v) is 4.61. The fraction of sp³-hybridized carbons (Fsp3) is 0.562. The molecule has 1 amide bonds. The molecule has 0 aliphatic carbocycles. The number of aryl methyl sites for hydroxylation is 2. The number of thioether (sulfide) groups is 1. The maximum absolute atomic E-state index is 12.3. The zero-order valence-corrected chi connectivity index (χ0v) is 13.5. The summed E-state index contributed by atoms with van der Waals surface area (Å²) in [7, 11) is 0. The summed E-state index contributed by atoms with van der Waals surface area (Å²) < 4.78 is 5.66. The third-order valence-electron chi connectivity index (χ3n) is 3.45. The monoisotopic (exact) mass is 293 g/mol. The van der Waals surface area contributed by atoms with Crippen LogP contribution in [0.3, 0.4) is 0 Å². The van der Waals surface area contributed by atoms with Crippen LogP contribution in [-0.2, 0) is 9.53 Å². The SMILES string of the molecule is Cc1ccc(SCC(=O)N2CC(C)OC(C)C2)c(C)c1. The van der Waals surface area contributed by atoms with E-state index in [9.17, 15) is 4.79 Å². The van der Waals surface area contributed by atoms with E-state index in [1.807, 2.05) is 18.7 Å². The molecule has 1 fully saturated rings. The van der Waals surface area contributed by atoms with Crippen LogP contribution in [0.25, 0.3) is 0 Å². The van der Waals surface area contributed by atoms with Gasteiger partial charge >= 0.3 is 0 Å². The number of amides is 1. The normalized spacial score (nSPS) is 22.9. The fourth-order valence-electron chi connectivity index (χ4n) is 2.57. The van der Waals surface area contributed by atoms with Crippen molar-refractivity contribution in [1.82, 2.24) is 4.90 Å². The molecule has 1 aromatic rings. The Morgan fingerprint density at radius 1 is 1.30 bits per heavy atom. The Bertz CT molecular complexity index is 479. The summed E-state index contributed by atoms with van der Waals surface area (Å²) in [5, 5.41) is 0. The van der Waals surface area contributed by atoms with Crippen LogP contribution < -0.4 is 0 Å². The van der Waals surface area contributed by atoms with Gasteiger partial charge in [-0.05, 0) is 39.3 Å². The lowest BCUT2D eigenvalue weighted by Gasteiger charge is -2.35. The average Bonchev–Trinajstić information content (AvgIpc) is 2.36. The van der Waals surface area contributed by atoms with Crippen LogP contribution >= 0.6 is 11.8 Å². The van der Waals surface area contributed by atoms with Crippen molar-refractivity contribution in [2.75, 3.05) is 18.8 Å². The second-order valence-corrected chi connectivity index (χ2v) is 6.63. The van der Waals surface area contributed by atoms with Gasteiger partial charge in [0.2, 0.25) is 5.91 Å². The summed E-state index contributed by atoms with van der Waals surface area (Å²) in [6, 6.07) is 6.36. The summed E-state index contributed by atoms with van der Waals surface area (Å²) in [5.74, 6) is 0.709.